The van der Waals surface area contributed by atoms with Crippen LogP contribution in [0.2, 0.25) is 0 Å². The van der Waals surface area contributed by atoms with Gasteiger partial charge in [0, 0.05) is 32.3 Å². The minimum absolute atomic E-state index is 0.0632. The molecule has 6 nitrogen and oxygen atoms in total. The molecule has 2 N–H and O–H groups in total. The first-order chi connectivity index (χ1) is 13.3. The molecule has 28 heavy (non-hydrogen) atoms. The van der Waals surface area contributed by atoms with Gasteiger partial charge in [-0.2, -0.15) is 22.0 Å². The summed E-state index contributed by atoms with van der Waals surface area (Å²) in [5.41, 5.74) is 0.433. The zero-order valence-electron chi connectivity index (χ0n) is 15.6. The van der Waals surface area contributed by atoms with Gasteiger partial charge in [-0.15, -0.1) is 0 Å². The number of halogens is 5. The van der Waals surface area contributed by atoms with Crippen molar-refractivity contribution >= 4 is 5.96 Å². The molecule has 0 aromatic heterocycles. The quantitative estimate of drug-likeness (QED) is 0.252. The van der Waals surface area contributed by atoms with Crippen molar-refractivity contribution in [3.05, 3.63) is 23.8 Å². The SMILES string of the molecule is CCOc1cccc(CNC(=NC)NCCCOCC(F)(F)F)c1OC(F)F. The van der Waals surface area contributed by atoms with Crippen LogP contribution in [0.5, 0.6) is 11.5 Å². The van der Waals surface area contributed by atoms with Crippen LogP contribution >= 0.6 is 0 Å². The molecular formula is C17H24F5N3O3. The van der Waals surface area contributed by atoms with Crippen molar-refractivity contribution < 1.29 is 36.2 Å². The summed E-state index contributed by atoms with van der Waals surface area (Å²) in [6.45, 7) is -1.91. The van der Waals surface area contributed by atoms with E-state index in [0.717, 1.165) is 0 Å². The predicted octanol–water partition coefficient (Wildman–Crippen LogP) is 3.32. The minimum Gasteiger partial charge on any atom is -0.490 e. The smallest absolute Gasteiger partial charge is 0.411 e. The fourth-order valence-electron chi connectivity index (χ4n) is 2.16. The Labute approximate surface area is 160 Å². The molecule has 0 saturated carbocycles. The van der Waals surface area contributed by atoms with E-state index in [9.17, 15) is 22.0 Å². The Kier molecular flexibility index (Phi) is 10.4. The lowest BCUT2D eigenvalue weighted by Crippen LogP contribution is -2.37. The van der Waals surface area contributed by atoms with Crippen molar-refractivity contribution in [3.8, 4) is 11.5 Å². The highest BCUT2D eigenvalue weighted by atomic mass is 19.4. The second-order valence-electron chi connectivity index (χ2n) is 5.43. The highest BCUT2D eigenvalue weighted by molar-refractivity contribution is 5.79. The van der Waals surface area contributed by atoms with E-state index in [1.54, 1.807) is 19.1 Å². The van der Waals surface area contributed by atoms with E-state index in [2.05, 4.69) is 25.1 Å². The lowest BCUT2D eigenvalue weighted by atomic mass is 10.2. The summed E-state index contributed by atoms with van der Waals surface area (Å²) < 4.78 is 75.7. The topological polar surface area (TPSA) is 64.1 Å². The molecule has 0 heterocycles. The van der Waals surface area contributed by atoms with Crippen molar-refractivity contribution in [2.75, 3.05) is 33.4 Å². The molecule has 0 unspecified atom stereocenters. The standard InChI is InChI=1S/C17H24F5N3O3/c1-3-27-13-7-4-6-12(14(13)28-15(18)19)10-25-16(23-2)24-8-5-9-26-11-17(20,21)22/h4,6-7,15H,3,5,8-11H2,1-2H3,(H2,23,24,25). The van der Waals surface area contributed by atoms with Crippen molar-refractivity contribution in [2.45, 2.75) is 32.7 Å². The van der Waals surface area contributed by atoms with Gasteiger partial charge in [0.15, 0.2) is 17.5 Å². The third-order valence-corrected chi connectivity index (χ3v) is 3.26. The Bertz CT molecular complexity index is 612. The van der Waals surface area contributed by atoms with Gasteiger partial charge >= 0.3 is 12.8 Å². The fraction of sp³-hybridized carbons (Fsp3) is 0.588. The third kappa shape index (κ3) is 9.58. The van der Waals surface area contributed by atoms with Gasteiger partial charge in [-0.05, 0) is 19.4 Å². The summed E-state index contributed by atoms with van der Waals surface area (Å²) in [7, 11) is 1.50. The molecule has 0 saturated heterocycles. The second-order valence-corrected chi connectivity index (χ2v) is 5.43. The van der Waals surface area contributed by atoms with E-state index >= 15 is 0 Å². The van der Waals surface area contributed by atoms with Gasteiger partial charge in [-0.1, -0.05) is 12.1 Å². The molecule has 0 aliphatic carbocycles. The van der Waals surface area contributed by atoms with Crippen LogP contribution in [0.25, 0.3) is 0 Å². The number of aliphatic imine (C=N–C) groups is 1. The van der Waals surface area contributed by atoms with Crippen LogP contribution in [0.3, 0.4) is 0 Å². The third-order valence-electron chi connectivity index (χ3n) is 3.26. The molecule has 1 aromatic carbocycles. The number of ether oxygens (including phenoxy) is 3. The molecule has 0 amide bonds. The zero-order chi connectivity index (χ0) is 21.0. The number of nitrogens with zero attached hydrogens (tertiary/aromatic N) is 1. The van der Waals surface area contributed by atoms with Crippen LogP contribution in [0.1, 0.15) is 18.9 Å². The molecule has 11 heteroatoms. The van der Waals surface area contributed by atoms with E-state index in [4.69, 9.17) is 4.74 Å². The maximum absolute atomic E-state index is 12.7. The van der Waals surface area contributed by atoms with Gasteiger partial charge in [0.1, 0.15) is 6.61 Å². The van der Waals surface area contributed by atoms with Crippen LogP contribution in [0.4, 0.5) is 22.0 Å². The number of guanidine groups is 1. The normalized spacial score (nSPS) is 12.2. The van der Waals surface area contributed by atoms with Gasteiger partial charge in [-0.25, -0.2) is 0 Å². The molecule has 0 fully saturated rings. The average Bonchev–Trinajstić information content (AvgIpc) is 2.61. The predicted molar refractivity (Wildman–Crippen MR) is 93.9 cm³/mol. The van der Waals surface area contributed by atoms with Crippen LogP contribution < -0.4 is 20.1 Å². The van der Waals surface area contributed by atoms with Crippen molar-refractivity contribution in [1.29, 1.82) is 0 Å². The Morgan fingerprint density at radius 1 is 1.21 bits per heavy atom. The lowest BCUT2D eigenvalue weighted by molar-refractivity contribution is -0.173. The number of para-hydroxylation sites is 1. The Morgan fingerprint density at radius 3 is 2.57 bits per heavy atom. The summed E-state index contributed by atoms with van der Waals surface area (Å²) in [6.07, 6.45) is -4.02. The first-order valence-electron chi connectivity index (χ1n) is 8.55. The van der Waals surface area contributed by atoms with E-state index < -0.39 is 19.4 Å². The van der Waals surface area contributed by atoms with Gasteiger partial charge < -0.3 is 24.8 Å². The summed E-state index contributed by atoms with van der Waals surface area (Å²) in [4.78, 5) is 3.96. The summed E-state index contributed by atoms with van der Waals surface area (Å²) >= 11 is 0. The zero-order valence-corrected chi connectivity index (χ0v) is 15.6. The van der Waals surface area contributed by atoms with Crippen LogP contribution in [-0.2, 0) is 11.3 Å². The molecule has 0 spiro atoms. The number of benzene rings is 1. The second kappa shape index (κ2) is 12.2. The molecule has 160 valence electrons. The molecule has 1 rings (SSSR count). The van der Waals surface area contributed by atoms with Crippen LogP contribution in [0.15, 0.2) is 23.2 Å². The minimum atomic E-state index is -4.35. The van der Waals surface area contributed by atoms with Crippen LogP contribution in [-0.4, -0.2) is 52.2 Å². The highest BCUT2D eigenvalue weighted by Gasteiger charge is 2.27. The molecule has 0 atom stereocenters. The van der Waals surface area contributed by atoms with E-state index in [-0.39, 0.29) is 31.3 Å². The number of nitrogens with one attached hydrogen (secondary N) is 2. The van der Waals surface area contributed by atoms with Gasteiger partial charge in [0.25, 0.3) is 0 Å². The number of alkyl halides is 5. The maximum atomic E-state index is 12.7. The van der Waals surface area contributed by atoms with Gasteiger partial charge in [0.2, 0.25) is 0 Å². The number of hydrogen-bond acceptors (Lipinski definition) is 4. The first kappa shape index (κ1) is 23.7. The van der Waals surface area contributed by atoms with Gasteiger partial charge in [-0.3, -0.25) is 4.99 Å². The van der Waals surface area contributed by atoms with Crippen molar-refractivity contribution in [3.63, 3.8) is 0 Å². The molecule has 0 aliphatic rings. The number of rotatable bonds is 11. The lowest BCUT2D eigenvalue weighted by Gasteiger charge is -2.17. The van der Waals surface area contributed by atoms with Crippen LogP contribution in [0, 0.1) is 0 Å². The van der Waals surface area contributed by atoms with Gasteiger partial charge in [0.05, 0.1) is 6.61 Å². The highest BCUT2D eigenvalue weighted by Crippen LogP contribution is 2.32. The molecular weight excluding hydrogens is 389 g/mol. The van der Waals surface area contributed by atoms with E-state index in [1.807, 2.05) is 0 Å². The van der Waals surface area contributed by atoms with Crippen molar-refractivity contribution in [1.82, 2.24) is 10.6 Å². The average molecular weight is 413 g/mol. The molecule has 0 radical (unpaired) electrons. The maximum Gasteiger partial charge on any atom is 0.411 e. The van der Waals surface area contributed by atoms with E-state index in [0.29, 0.717) is 24.5 Å². The fourth-order valence-corrected chi connectivity index (χ4v) is 2.16. The summed E-state index contributed by atoms with van der Waals surface area (Å²) in [5.74, 6) is 0.482. The molecule has 1 aromatic rings. The monoisotopic (exact) mass is 413 g/mol. The molecule has 0 bridgehead atoms. The Balaban J connectivity index is 2.53. The van der Waals surface area contributed by atoms with Crippen molar-refractivity contribution in [2.24, 2.45) is 4.99 Å². The Hall–Kier alpha value is -2.30. The molecule has 0 aliphatic heterocycles. The summed E-state index contributed by atoms with van der Waals surface area (Å²) in [5, 5.41) is 5.82. The Morgan fingerprint density at radius 2 is 1.96 bits per heavy atom. The number of hydrogen-bond donors (Lipinski definition) is 2. The first-order valence-corrected chi connectivity index (χ1v) is 8.55. The van der Waals surface area contributed by atoms with E-state index in [1.165, 1.54) is 13.1 Å². The largest absolute Gasteiger partial charge is 0.490 e. The summed E-state index contributed by atoms with van der Waals surface area (Å²) in [6, 6.07) is 4.78.